The first-order valence-electron chi connectivity index (χ1n) is 6.17. The molecule has 0 aliphatic carbocycles. The van der Waals surface area contributed by atoms with Crippen molar-refractivity contribution in [2.75, 3.05) is 6.61 Å². The van der Waals surface area contributed by atoms with E-state index in [0.29, 0.717) is 23.6 Å². The summed E-state index contributed by atoms with van der Waals surface area (Å²) in [6.07, 6.45) is 0.242. The van der Waals surface area contributed by atoms with Gasteiger partial charge in [-0.1, -0.05) is 35.5 Å². The van der Waals surface area contributed by atoms with Crippen molar-refractivity contribution in [3.8, 4) is 0 Å². The average Bonchev–Trinajstić information content (AvgIpc) is 2.47. The fourth-order valence-electron chi connectivity index (χ4n) is 1.58. The van der Waals surface area contributed by atoms with Crippen LogP contribution in [-0.4, -0.2) is 18.3 Å². The number of halogens is 1. The van der Waals surface area contributed by atoms with Crippen molar-refractivity contribution >= 4 is 27.6 Å². The lowest BCUT2D eigenvalue weighted by molar-refractivity contribution is -0.135. The Morgan fingerprint density at radius 2 is 2.15 bits per heavy atom. The quantitative estimate of drug-likeness (QED) is 0.773. The Labute approximate surface area is 125 Å². The zero-order valence-electron chi connectivity index (χ0n) is 11.0. The van der Waals surface area contributed by atoms with Gasteiger partial charge in [0.2, 0.25) is 4.67 Å². The van der Waals surface area contributed by atoms with Gasteiger partial charge in [-0.15, -0.1) is 0 Å². The summed E-state index contributed by atoms with van der Waals surface area (Å²) in [6.45, 7) is 2.42. The number of benzene rings is 1. The molecule has 1 aromatic rings. The van der Waals surface area contributed by atoms with E-state index in [1.165, 1.54) is 0 Å². The Hall–Kier alpha value is -1.82. The summed E-state index contributed by atoms with van der Waals surface area (Å²) in [6, 6.07) is 9.72. The zero-order valence-corrected chi connectivity index (χ0v) is 12.6. The van der Waals surface area contributed by atoms with Gasteiger partial charge in [-0.3, -0.25) is 0 Å². The minimum Gasteiger partial charge on any atom is -0.488 e. The predicted molar refractivity (Wildman–Crippen MR) is 77.0 cm³/mol. The predicted octanol–water partition coefficient (Wildman–Crippen LogP) is 3.11. The summed E-state index contributed by atoms with van der Waals surface area (Å²) >= 11 is 3.22. The third kappa shape index (κ3) is 3.84. The molecule has 1 aliphatic heterocycles. The molecule has 0 saturated carbocycles. The lowest BCUT2D eigenvalue weighted by atomic mass is 10.2. The van der Waals surface area contributed by atoms with Crippen LogP contribution in [0.3, 0.4) is 0 Å². The maximum absolute atomic E-state index is 11.6. The Bertz CT molecular complexity index is 539. The number of rotatable bonds is 5. The molecular weight excluding hydrogens is 326 g/mol. The van der Waals surface area contributed by atoms with E-state index in [4.69, 9.17) is 14.3 Å². The van der Waals surface area contributed by atoms with E-state index in [9.17, 15) is 4.79 Å². The number of esters is 1. The van der Waals surface area contributed by atoms with Crippen molar-refractivity contribution in [3.63, 3.8) is 0 Å². The molecule has 1 heterocycles. The maximum atomic E-state index is 11.6. The molecule has 0 aromatic heterocycles. The molecular formula is C14H14BrNO4. The van der Waals surface area contributed by atoms with Gasteiger partial charge < -0.3 is 14.3 Å². The van der Waals surface area contributed by atoms with E-state index in [2.05, 4.69) is 21.1 Å². The van der Waals surface area contributed by atoms with Crippen LogP contribution in [0.25, 0.3) is 0 Å². The first kappa shape index (κ1) is 14.6. The Morgan fingerprint density at radius 1 is 1.40 bits per heavy atom. The number of hydrogen-bond donors (Lipinski definition) is 0. The number of carbonyl (C=O) groups is 1. The first-order valence-corrected chi connectivity index (χ1v) is 6.96. The highest BCUT2D eigenvalue weighted by Crippen LogP contribution is 2.24. The van der Waals surface area contributed by atoms with Crippen LogP contribution < -0.4 is 0 Å². The Kier molecular flexibility index (Phi) is 5.17. The highest BCUT2D eigenvalue weighted by molar-refractivity contribution is 9.11. The molecule has 0 amide bonds. The lowest BCUT2D eigenvalue weighted by Crippen LogP contribution is -2.21. The van der Waals surface area contributed by atoms with Crippen LogP contribution in [0.5, 0.6) is 0 Å². The Morgan fingerprint density at radius 3 is 2.85 bits per heavy atom. The minimum absolute atomic E-state index is 0.193. The topological polar surface area (TPSA) is 57.1 Å². The monoisotopic (exact) mass is 339 g/mol. The largest absolute Gasteiger partial charge is 0.488 e. The van der Waals surface area contributed by atoms with Crippen LogP contribution >= 0.6 is 15.9 Å². The van der Waals surface area contributed by atoms with Gasteiger partial charge in [0.05, 0.1) is 13.0 Å². The molecule has 0 radical (unpaired) electrons. The fraction of sp³-hybridized carbons (Fsp3) is 0.286. The second-order valence-electron chi connectivity index (χ2n) is 4.00. The van der Waals surface area contributed by atoms with E-state index >= 15 is 0 Å². The molecule has 0 saturated heterocycles. The van der Waals surface area contributed by atoms with Gasteiger partial charge in [-0.25, -0.2) is 4.79 Å². The Balaban J connectivity index is 1.95. The summed E-state index contributed by atoms with van der Waals surface area (Å²) in [5.41, 5.74) is 1.22. The van der Waals surface area contributed by atoms with Gasteiger partial charge in [0.25, 0.3) is 0 Å². The number of carbonyl (C=O) groups excluding carboxylic acids is 1. The van der Waals surface area contributed by atoms with Gasteiger partial charge in [-0.05, 0) is 28.4 Å². The SMILES string of the molecule is CCOC(=O)C1=NOC(Br)=C(OCc2ccccc2)C1. The van der Waals surface area contributed by atoms with Crippen LogP contribution in [0.2, 0.25) is 0 Å². The molecule has 0 bridgehead atoms. The molecule has 1 aromatic carbocycles. The molecule has 6 heteroatoms. The molecule has 0 N–H and O–H groups in total. The van der Waals surface area contributed by atoms with Gasteiger partial charge >= 0.3 is 5.97 Å². The minimum atomic E-state index is -0.492. The van der Waals surface area contributed by atoms with Crippen molar-refractivity contribution in [2.45, 2.75) is 20.0 Å². The van der Waals surface area contributed by atoms with Gasteiger partial charge in [0.1, 0.15) is 6.61 Å². The standard InChI is InChI=1S/C14H14BrNO4/c1-2-18-14(17)11-8-12(13(15)20-16-11)19-9-10-6-4-3-5-7-10/h3-7H,2,8-9H2,1H3. The molecule has 0 atom stereocenters. The number of oxime groups is 1. The number of hydrogen-bond acceptors (Lipinski definition) is 5. The summed E-state index contributed by atoms with van der Waals surface area (Å²) < 4.78 is 10.9. The average molecular weight is 340 g/mol. The van der Waals surface area contributed by atoms with Crippen LogP contribution in [0.1, 0.15) is 18.9 Å². The molecule has 0 fully saturated rings. The highest BCUT2D eigenvalue weighted by Gasteiger charge is 2.24. The van der Waals surface area contributed by atoms with E-state index in [1.807, 2.05) is 30.3 Å². The normalized spacial score (nSPS) is 14.4. The second kappa shape index (κ2) is 7.09. The maximum Gasteiger partial charge on any atom is 0.356 e. The highest BCUT2D eigenvalue weighted by atomic mass is 79.9. The van der Waals surface area contributed by atoms with Crippen LogP contribution in [0, 0.1) is 0 Å². The number of ether oxygens (including phenoxy) is 2. The van der Waals surface area contributed by atoms with E-state index in [1.54, 1.807) is 6.92 Å². The second-order valence-corrected chi connectivity index (χ2v) is 4.72. The van der Waals surface area contributed by atoms with E-state index in [-0.39, 0.29) is 12.1 Å². The molecule has 0 spiro atoms. The number of nitrogens with zero attached hydrogens (tertiary/aromatic N) is 1. The van der Waals surface area contributed by atoms with Crippen molar-refractivity contribution in [1.29, 1.82) is 0 Å². The van der Waals surface area contributed by atoms with Crippen molar-refractivity contribution < 1.29 is 19.1 Å². The van der Waals surface area contributed by atoms with Crippen molar-refractivity contribution in [1.82, 2.24) is 0 Å². The van der Waals surface area contributed by atoms with E-state index in [0.717, 1.165) is 5.56 Å². The fourth-order valence-corrected chi connectivity index (χ4v) is 1.90. The first-order chi connectivity index (χ1) is 9.70. The van der Waals surface area contributed by atoms with Crippen LogP contribution in [-0.2, 0) is 25.7 Å². The van der Waals surface area contributed by atoms with Crippen molar-refractivity contribution in [3.05, 3.63) is 46.3 Å². The summed E-state index contributed by atoms with van der Waals surface area (Å²) in [5, 5.41) is 3.69. The van der Waals surface area contributed by atoms with Crippen LogP contribution in [0.15, 0.2) is 45.9 Å². The van der Waals surface area contributed by atoms with Crippen LogP contribution in [0.4, 0.5) is 0 Å². The molecule has 1 aliphatic rings. The van der Waals surface area contributed by atoms with Gasteiger partial charge in [-0.2, -0.15) is 0 Å². The summed E-state index contributed by atoms with van der Waals surface area (Å²) in [5.74, 6) is 0.0280. The lowest BCUT2D eigenvalue weighted by Gasteiger charge is -2.16. The third-order valence-corrected chi connectivity index (χ3v) is 3.14. The smallest absolute Gasteiger partial charge is 0.356 e. The zero-order chi connectivity index (χ0) is 14.4. The third-order valence-electron chi connectivity index (χ3n) is 2.55. The molecule has 0 unspecified atom stereocenters. The van der Waals surface area contributed by atoms with Crippen molar-refractivity contribution in [2.24, 2.45) is 5.16 Å². The molecule has 106 valence electrons. The number of allylic oxidation sites excluding steroid dienone is 1. The van der Waals surface area contributed by atoms with Gasteiger partial charge in [0, 0.05) is 0 Å². The molecule has 2 rings (SSSR count). The molecule has 20 heavy (non-hydrogen) atoms. The molecule has 5 nitrogen and oxygen atoms in total. The summed E-state index contributed by atoms with van der Waals surface area (Å²) in [4.78, 5) is 16.6. The van der Waals surface area contributed by atoms with Gasteiger partial charge in [0.15, 0.2) is 11.5 Å². The summed E-state index contributed by atoms with van der Waals surface area (Å²) in [7, 11) is 0. The van der Waals surface area contributed by atoms with E-state index < -0.39 is 5.97 Å².